The average molecular weight is 368 g/mol. The number of nitrogens with one attached hydrogen (secondary N) is 1. The first kappa shape index (κ1) is 15.8. The molecule has 6 heteroatoms. The van der Waals surface area contributed by atoms with E-state index in [1.165, 1.54) is 0 Å². The molecule has 1 N–H and O–H groups in total. The van der Waals surface area contributed by atoms with E-state index < -0.39 is 0 Å². The maximum atomic E-state index is 12.1. The van der Waals surface area contributed by atoms with Crippen molar-refractivity contribution in [3.8, 4) is 0 Å². The topological polar surface area (TPSA) is 53.8 Å². The first-order valence-electron chi connectivity index (χ1n) is 7.53. The number of hydrogen-bond acceptors (Lipinski definition) is 3. The van der Waals surface area contributed by atoms with Crippen LogP contribution in [0.15, 0.2) is 64.8 Å². The normalized spacial score (nSPS) is 15.1. The van der Waals surface area contributed by atoms with Gasteiger partial charge in [0.25, 0.3) is 5.91 Å². The SMILES string of the molecule is O=C1Nc2c(Cl)ccc(Cl)c2/C1=N/N=C/c1ccc2ccccc2c1. The number of amides is 1. The molecule has 4 nitrogen and oxygen atoms in total. The summed E-state index contributed by atoms with van der Waals surface area (Å²) < 4.78 is 0. The van der Waals surface area contributed by atoms with Crippen molar-refractivity contribution in [2.24, 2.45) is 10.2 Å². The molecule has 0 saturated carbocycles. The highest BCUT2D eigenvalue weighted by Gasteiger charge is 2.30. The van der Waals surface area contributed by atoms with E-state index in [0.717, 1.165) is 16.3 Å². The van der Waals surface area contributed by atoms with Crippen molar-refractivity contribution in [2.75, 3.05) is 5.32 Å². The van der Waals surface area contributed by atoms with Crippen LogP contribution in [0.25, 0.3) is 10.8 Å². The van der Waals surface area contributed by atoms with E-state index in [0.29, 0.717) is 21.3 Å². The highest BCUT2D eigenvalue weighted by atomic mass is 35.5. The van der Waals surface area contributed by atoms with Gasteiger partial charge in [0, 0.05) is 0 Å². The summed E-state index contributed by atoms with van der Waals surface area (Å²) in [5.74, 6) is -0.374. The fraction of sp³-hybridized carbons (Fsp3) is 0. The van der Waals surface area contributed by atoms with Crippen LogP contribution < -0.4 is 5.32 Å². The third-order valence-corrected chi connectivity index (χ3v) is 4.56. The molecular weight excluding hydrogens is 357 g/mol. The largest absolute Gasteiger partial charge is 0.319 e. The second kappa shape index (κ2) is 6.31. The van der Waals surface area contributed by atoms with Gasteiger partial charge in [0.1, 0.15) is 0 Å². The van der Waals surface area contributed by atoms with Crippen LogP contribution in [0.1, 0.15) is 11.1 Å². The second-order valence-electron chi connectivity index (χ2n) is 5.53. The third-order valence-electron chi connectivity index (χ3n) is 3.93. The lowest BCUT2D eigenvalue weighted by Crippen LogP contribution is -2.14. The van der Waals surface area contributed by atoms with E-state index in [9.17, 15) is 4.79 Å². The molecule has 3 aromatic carbocycles. The lowest BCUT2D eigenvalue weighted by atomic mass is 10.1. The van der Waals surface area contributed by atoms with Crippen LogP contribution in [0.4, 0.5) is 5.69 Å². The summed E-state index contributed by atoms with van der Waals surface area (Å²) in [4.78, 5) is 12.1. The van der Waals surface area contributed by atoms with Gasteiger partial charge in [0.2, 0.25) is 0 Å². The van der Waals surface area contributed by atoms with Crippen molar-refractivity contribution in [3.63, 3.8) is 0 Å². The first-order valence-corrected chi connectivity index (χ1v) is 8.28. The summed E-state index contributed by atoms with van der Waals surface area (Å²) in [5.41, 5.74) is 1.99. The van der Waals surface area contributed by atoms with Gasteiger partial charge in [-0.25, -0.2) is 0 Å². The zero-order chi connectivity index (χ0) is 17.4. The smallest absolute Gasteiger partial charge is 0.277 e. The second-order valence-corrected chi connectivity index (χ2v) is 6.35. The average Bonchev–Trinajstić information content (AvgIpc) is 2.96. The number of nitrogens with zero attached hydrogens (tertiary/aromatic N) is 2. The maximum Gasteiger partial charge on any atom is 0.277 e. The van der Waals surface area contributed by atoms with Crippen molar-refractivity contribution in [1.82, 2.24) is 0 Å². The Labute approximate surface area is 153 Å². The summed E-state index contributed by atoms with van der Waals surface area (Å²) >= 11 is 12.3. The lowest BCUT2D eigenvalue weighted by molar-refractivity contribution is -0.110. The van der Waals surface area contributed by atoms with E-state index in [-0.39, 0.29) is 11.6 Å². The summed E-state index contributed by atoms with van der Waals surface area (Å²) in [6.07, 6.45) is 1.60. The highest BCUT2D eigenvalue weighted by Crippen LogP contribution is 2.36. The number of carbonyl (C=O) groups excluding carboxylic acids is 1. The van der Waals surface area contributed by atoms with Crippen LogP contribution in [-0.4, -0.2) is 17.8 Å². The van der Waals surface area contributed by atoms with Crippen molar-refractivity contribution in [3.05, 3.63) is 75.8 Å². The van der Waals surface area contributed by atoms with E-state index in [2.05, 4.69) is 15.5 Å². The van der Waals surface area contributed by atoms with E-state index >= 15 is 0 Å². The van der Waals surface area contributed by atoms with Gasteiger partial charge in [-0.3, -0.25) is 4.79 Å². The molecule has 1 amide bonds. The number of fused-ring (bicyclic) bond motifs is 2. The van der Waals surface area contributed by atoms with E-state index in [1.54, 1.807) is 18.3 Å². The summed E-state index contributed by atoms with van der Waals surface area (Å²) in [5, 5.41) is 13.8. The Morgan fingerprint density at radius 1 is 0.920 bits per heavy atom. The quantitative estimate of drug-likeness (QED) is 0.507. The third kappa shape index (κ3) is 2.90. The Hall–Kier alpha value is -2.69. The van der Waals surface area contributed by atoms with Crippen LogP contribution in [0.2, 0.25) is 10.0 Å². The highest BCUT2D eigenvalue weighted by molar-refractivity contribution is 6.58. The Morgan fingerprint density at radius 2 is 1.68 bits per heavy atom. The van der Waals surface area contributed by atoms with Crippen molar-refractivity contribution in [1.29, 1.82) is 0 Å². The Balaban J connectivity index is 1.69. The number of halogens is 2. The molecule has 0 atom stereocenters. The molecule has 4 rings (SSSR count). The molecule has 0 aromatic heterocycles. The molecule has 1 aliphatic rings. The minimum Gasteiger partial charge on any atom is -0.319 e. The molecular formula is C19H11Cl2N3O. The fourth-order valence-corrected chi connectivity index (χ4v) is 3.18. The number of benzene rings is 3. The Bertz CT molecular complexity index is 1070. The number of rotatable bonds is 2. The number of anilines is 1. The van der Waals surface area contributed by atoms with Gasteiger partial charge in [-0.05, 0) is 34.5 Å². The van der Waals surface area contributed by atoms with Crippen molar-refractivity contribution < 1.29 is 4.79 Å². The van der Waals surface area contributed by atoms with E-state index in [1.807, 2.05) is 42.5 Å². The van der Waals surface area contributed by atoms with Gasteiger partial charge in [0.15, 0.2) is 5.71 Å². The lowest BCUT2D eigenvalue weighted by Gasteiger charge is -2.02. The molecule has 0 aliphatic carbocycles. The monoisotopic (exact) mass is 367 g/mol. The fourth-order valence-electron chi connectivity index (χ4n) is 2.73. The summed E-state index contributed by atoms with van der Waals surface area (Å²) in [6.45, 7) is 0. The molecule has 0 spiro atoms. The molecule has 1 aliphatic heterocycles. The Kier molecular flexibility index (Phi) is 3.99. The predicted molar refractivity (Wildman–Crippen MR) is 103 cm³/mol. The van der Waals surface area contributed by atoms with E-state index in [4.69, 9.17) is 23.2 Å². The van der Waals surface area contributed by atoms with Crippen LogP contribution in [-0.2, 0) is 4.79 Å². The minimum atomic E-state index is -0.374. The zero-order valence-electron chi connectivity index (χ0n) is 12.8. The molecule has 0 unspecified atom stereocenters. The van der Waals surface area contributed by atoms with Crippen LogP contribution in [0.3, 0.4) is 0 Å². The number of hydrogen-bond donors (Lipinski definition) is 1. The van der Waals surface area contributed by atoms with Gasteiger partial charge in [-0.15, -0.1) is 5.10 Å². The molecule has 3 aromatic rings. The molecule has 25 heavy (non-hydrogen) atoms. The summed E-state index contributed by atoms with van der Waals surface area (Å²) in [7, 11) is 0. The molecule has 0 saturated heterocycles. The van der Waals surface area contributed by atoms with Crippen LogP contribution >= 0.6 is 23.2 Å². The standard InChI is InChI=1S/C19H11Cl2N3O/c20-14-7-8-15(21)17-16(14)18(19(25)23-17)24-22-10-11-5-6-12-3-1-2-4-13(12)9-11/h1-10H,(H,23,24,25)/b22-10+. The van der Waals surface area contributed by atoms with Crippen LogP contribution in [0, 0.1) is 0 Å². The molecule has 0 radical (unpaired) electrons. The van der Waals surface area contributed by atoms with Gasteiger partial charge in [-0.1, -0.05) is 59.6 Å². The molecule has 122 valence electrons. The molecule has 1 heterocycles. The Morgan fingerprint density at radius 3 is 2.52 bits per heavy atom. The zero-order valence-corrected chi connectivity index (χ0v) is 14.3. The number of carbonyl (C=O) groups is 1. The first-order chi connectivity index (χ1) is 12.1. The van der Waals surface area contributed by atoms with Gasteiger partial charge < -0.3 is 5.32 Å². The summed E-state index contributed by atoms with van der Waals surface area (Å²) in [6, 6.07) is 17.3. The minimum absolute atomic E-state index is 0.152. The van der Waals surface area contributed by atoms with Crippen molar-refractivity contribution in [2.45, 2.75) is 0 Å². The molecule has 0 fully saturated rings. The maximum absolute atomic E-state index is 12.1. The predicted octanol–water partition coefficient (Wildman–Crippen LogP) is 4.92. The van der Waals surface area contributed by atoms with Gasteiger partial charge >= 0.3 is 0 Å². The van der Waals surface area contributed by atoms with Crippen molar-refractivity contribution >= 4 is 57.5 Å². The van der Waals surface area contributed by atoms with Gasteiger partial charge in [-0.2, -0.15) is 5.10 Å². The molecule has 0 bridgehead atoms. The van der Waals surface area contributed by atoms with Crippen LogP contribution in [0.5, 0.6) is 0 Å². The van der Waals surface area contributed by atoms with Gasteiger partial charge in [0.05, 0.1) is 27.5 Å².